The standard InChI is InChI=1S/C27H23FN2O3S/c1-16-10-11-21-25(24(16)28)30(15-23(31)29-13-12-18-6-3-4-9-22(18)29)17(2)26(21)34-20-8-5-7-19(14-20)27(32)33/h3-11,14H,12-13,15H2,1-2H3,(H,32,33). The highest BCUT2D eigenvalue weighted by Gasteiger charge is 2.27. The Hall–Kier alpha value is -3.58. The molecule has 172 valence electrons. The topological polar surface area (TPSA) is 62.5 Å². The van der Waals surface area contributed by atoms with Crippen LogP contribution in [0.1, 0.15) is 27.2 Å². The molecule has 0 radical (unpaired) electrons. The fourth-order valence-corrected chi connectivity index (χ4v) is 5.65. The molecule has 0 saturated carbocycles. The number of amides is 1. The summed E-state index contributed by atoms with van der Waals surface area (Å²) < 4.78 is 17.1. The van der Waals surface area contributed by atoms with Crippen molar-refractivity contribution in [1.29, 1.82) is 0 Å². The Morgan fingerprint density at radius 3 is 2.65 bits per heavy atom. The minimum Gasteiger partial charge on any atom is -0.478 e. The van der Waals surface area contributed by atoms with Crippen molar-refractivity contribution in [2.75, 3.05) is 11.4 Å². The fraction of sp³-hybridized carbons (Fsp3) is 0.185. The van der Waals surface area contributed by atoms with Crippen molar-refractivity contribution in [3.8, 4) is 0 Å². The van der Waals surface area contributed by atoms with Gasteiger partial charge in [-0.15, -0.1) is 0 Å². The number of carbonyl (C=O) groups is 2. The summed E-state index contributed by atoms with van der Waals surface area (Å²) in [5.74, 6) is -1.43. The highest BCUT2D eigenvalue weighted by atomic mass is 32.2. The van der Waals surface area contributed by atoms with E-state index in [1.165, 1.54) is 17.8 Å². The molecule has 1 aliphatic rings. The van der Waals surface area contributed by atoms with Gasteiger partial charge in [-0.2, -0.15) is 0 Å². The van der Waals surface area contributed by atoms with Crippen LogP contribution in [0.5, 0.6) is 0 Å². The average Bonchev–Trinajstić information content (AvgIpc) is 3.37. The van der Waals surface area contributed by atoms with E-state index in [0.29, 0.717) is 23.0 Å². The third-order valence-corrected chi connectivity index (χ3v) is 7.55. The average molecular weight is 475 g/mol. The molecule has 0 atom stereocenters. The van der Waals surface area contributed by atoms with Gasteiger partial charge in [0.05, 0.1) is 11.1 Å². The van der Waals surface area contributed by atoms with Crippen LogP contribution in [0.2, 0.25) is 0 Å². The van der Waals surface area contributed by atoms with Crippen molar-refractivity contribution in [1.82, 2.24) is 4.57 Å². The zero-order chi connectivity index (χ0) is 24.0. The van der Waals surface area contributed by atoms with Gasteiger partial charge in [-0.3, -0.25) is 4.79 Å². The number of fused-ring (bicyclic) bond motifs is 2. The lowest BCUT2D eigenvalue weighted by atomic mass is 10.1. The number of benzene rings is 3. The molecule has 0 unspecified atom stereocenters. The number of rotatable bonds is 5. The Bertz CT molecular complexity index is 1460. The van der Waals surface area contributed by atoms with Crippen LogP contribution in [-0.2, 0) is 17.8 Å². The smallest absolute Gasteiger partial charge is 0.335 e. The first-order valence-electron chi connectivity index (χ1n) is 11.0. The van der Waals surface area contributed by atoms with Gasteiger partial charge in [-0.05, 0) is 55.7 Å². The summed E-state index contributed by atoms with van der Waals surface area (Å²) >= 11 is 1.38. The van der Waals surface area contributed by atoms with Gasteiger partial charge < -0.3 is 14.6 Å². The number of aromatic nitrogens is 1. The Labute approximate surface area is 200 Å². The molecule has 1 N–H and O–H groups in total. The van der Waals surface area contributed by atoms with Crippen LogP contribution >= 0.6 is 11.8 Å². The number of hydrogen-bond donors (Lipinski definition) is 1. The van der Waals surface area contributed by atoms with Crippen molar-refractivity contribution >= 4 is 40.2 Å². The third-order valence-electron chi connectivity index (χ3n) is 6.34. The summed E-state index contributed by atoms with van der Waals surface area (Å²) in [7, 11) is 0. The molecule has 2 heterocycles. The van der Waals surface area contributed by atoms with Crippen molar-refractivity contribution in [3.63, 3.8) is 0 Å². The molecule has 1 amide bonds. The second-order valence-corrected chi connectivity index (χ2v) is 9.54. The molecule has 3 aromatic carbocycles. The van der Waals surface area contributed by atoms with Gasteiger partial charge in [0.25, 0.3) is 0 Å². The first-order chi connectivity index (χ1) is 16.3. The number of hydrogen-bond acceptors (Lipinski definition) is 3. The maximum absolute atomic E-state index is 15.4. The quantitative estimate of drug-likeness (QED) is 0.395. The lowest BCUT2D eigenvalue weighted by Crippen LogP contribution is -2.32. The molecule has 0 fully saturated rings. The minimum atomic E-state index is -1.00. The molecule has 7 heteroatoms. The third kappa shape index (κ3) is 3.76. The van der Waals surface area contributed by atoms with E-state index in [-0.39, 0.29) is 23.8 Å². The minimum absolute atomic E-state index is 0.0206. The van der Waals surface area contributed by atoms with Crippen molar-refractivity contribution < 1.29 is 19.1 Å². The maximum atomic E-state index is 15.4. The molecular formula is C27H23FN2O3S. The molecule has 5 nitrogen and oxygen atoms in total. The lowest BCUT2D eigenvalue weighted by Gasteiger charge is -2.19. The van der Waals surface area contributed by atoms with Gasteiger partial charge in [0, 0.05) is 33.1 Å². The van der Waals surface area contributed by atoms with Gasteiger partial charge in [-0.25, -0.2) is 9.18 Å². The summed E-state index contributed by atoms with van der Waals surface area (Å²) in [5.41, 5.74) is 3.92. The molecule has 5 rings (SSSR count). The molecule has 0 saturated heterocycles. The molecule has 0 bridgehead atoms. The number of carboxylic acids is 1. The van der Waals surface area contributed by atoms with Gasteiger partial charge in [0.2, 0.25) is 5.91 Å². The van der Waals surface area contributed by atoms with Gasteiger partial charge >= 0.3 is 5.97 Å². The second-order valence-electron chi connectivity index (χ2n) is 8.45. The predicted octanol–water partition coefficient (Wildman–Crippen LogP) is 5.84. The first kappa shape index (κ1) is 22.2. The van der Waals surface area contributed by atoms with E-state index in [0.717, 1.165) is 33.2 Å². The van der Waals surface area contributed by atoms with Crippen LogP contribution in [-0.4, -0.2) is 28.1 Å². The summed E-state index contributed by atoms with van der Waals surface area (Å²) in [4.78, 5) is 28.1. The second kappa shape index (κ2) is 8.65. The number of aryl methyl sites for hydroxylation is 1. The number of carbonyl (C=O) groups excluding carboxylic acids is 1. The molecule has 0 aliphatic carbocycles. The van der Waals surface area contributed by atoms with Crippen LogP contribution in [0.25, 0.3) is 10.9 Å². The Kier molecular flexibility index (Phi) is 5.65. The number of para-hydroxylation sites is 1. The number of nitrogens with zero attached hydrogens (tertiary/aromatic N) is 2. The van der Waals surface area contributed by atoms with Crippen LogP contribution in [0.4, 0.5) is 10.1 Å². The normalized spacial score (nSPS) is 12.9. The van der Waals surface area contributed by atoms with Crippen LogP contribution < -0.4 is 4.90 Å². The van der Waals surface area contributed by atoms with Crippen LogP contribution in [0.15, 0.2) is 70.5 Å². The first-order valence-corrected chi connectivity index (χ1v) is 11.8. The monoisotopic (exact) mass is 474 g/mol. The fourth-order valence-electron chi connectivity index (χ4n) is 4.55. The molecular weight excluding hydrogens is 451 g/mol. The van der Waals surface area contributed by atoms with Gasteiger partial charge in [-0.1, -0.05) is 48.2 Å². The number of halogens is 1. The predicted molar refractivity (Wildman–Crippen MR) is 131 cm³/mol. The Morgan fingerprint density at radius 2 is 1.85 bits per heavy atom. The van der Waals surface area contributed by atoms with Crippen molar-refractivity contribution in [3.05, 3.63) is 88.9 Å². The highest BCUT2D eigenvalue weighted by molar-refractivity contribution is 7.99. The zero-order valence-corrected chi connectivity index (χ0v) is 19.7. The molecule has 4 aromatic rings. The van der Waals surface area contributed by atoms with Gasteiger partial charge in [0.15, 0.2) is 0 Å². The van der Waals surface area contributed by atoms with Gasteiger partial charge in [0.1, 0.15) is 12.4 Å². The van der Waals surface area contributed by atoms with E-state index in [4.69, 9.17) is 0 Å². The van der Waals surface area contributed by atoms with E-state index < -0.39 is 5.97 Å². The number of carboxylic acid groups (broad SMARTS) is 1. The summed E-state index contributed by atoms with van der Waals surface area (Å²) in [6.07, 6.45) is 0.807. The maximum Gasteiger partial charge on any atom is 0.335 e. The Balaban J connectivity index is 1.57. The molecule has 34 heavy (non-hydrogen) atoms. The van der Waals surface area contributed by atoms with Crippen LogP contribution in [0.3, 0.4) is 0 Å². The SMILES string of the molecule is Cc1ccc2c(Sc3cccc(C(=O)O)c3)c(C)n(CC(=O)N3CCc4ccccc43)c2c1F. The van der Waals surface area contributed by atoms with Crippen LogP contribution in [0, 0.1) is 19.7 Å². The summed E-state index contributed by atoms with van der Waals surface area (Å²) in [5, 5.41) is 10.0. The summed E-state index contributed by atoms with van der Waals surface area (Å²) in [6.45, 7) is 4.22. The van der Waals surface area contributed by atoms with E-state index in [1.54, 1.807) is 34.6 Å². The van der Waals surface area contributed by atoms with E-state index in [2.05, 4.69) is 0 Å². The largest absolute Gasteiger partial charge is 0.478 e. The molecule has 1 aromatic heterocycles. The van der Waals surface area contributed by atoms with Crippen molar-refractivity contribution in [2.24, 2.45) is 0 Å². The lowest BCUT2D eigenvalue weighted by molar-refractivity contribution is -0.119. The molecule has 0 spiro atoms. The number of anilines is 1. The highest BCUT2D eigenvalue weighted by Crippen LogP contribution is 2.40. The summed E-state index contributed by atoms with van der Waals surface area (Å²) in [6, 6.07) is 18.1. The van der Waals surface area contributed by atoms with Crippen molar-refractivity contribution in [2.45, 2.75) is 36.6 Å². The zero-order valence-electron chi connectivity index (χ0n) is 18.8. The van der Waals surface area contributed by atoms with E-state index >= 15 is 4.39 Å². The van der Waals surface area contributed by atoms with E-state index in [1.807, 2.05) is 43.3 Å². The molecule has 1 aliphatic heterocycles. The van der Waals surface area contributed by atoms with E-state index in [9.17, 15) is 14.7 Å². The Morgan fingerprint density at radius 1 is 1.06 bits per heavy atom. The number of aromatic carboxylic acids is 1.